The molecule has 0 saturated heterocycles. The maximum absolute atomic E-state index is 13.2. The van der Waals surface area contributed by atoms with E-state index >= 15 is 0 Å². The number of carbonyl (C=O) groups is 2. The number of hydrogen-bond donors (Lipinski definition) is 1. The SMILES string of the molecule is Cn1c(=O)n2n(c1=O)[C@@H]1CC3=C(C(=O)C(I)=CC3=O)[C@@H](c3cc(Cl)ccc3O)C1=CC2. The first-order valence-corrected chi connectivity index (χ1v) is 10.9. The highest BCUT2D eigenvalue weighted by Gasteiger charge is 2.45. The minimum absolute atomic E-state index is 0.0732. The zero-order valence-corrected chi connectivity index (χ0v) is 19.0. The molecule has 2 aromatic rings. The lowest BCUT2D eigenvalue weighted by Crippen LogP contribution is -2.40. The van der Waals surface area contributed by atoms with Gasteiger partial charge in [-0.2, -0.15) is 0 Å². The lowest BCUT2D eigenvalue weighted by atomic mass is 9.68. The molecule has 0 amide bonds. The normalized spacial score (nSPS) is 22.5. The van der Waals surface area contributed by atoms with Crippen LogP contribution in [0.5, 0.6) is 5.75 Å². The number of fused-ring (bicyclic) bond motifs is 3. The molecule has 1 aliphatic heterocycles. The van der Waals surface area contributed by atoms with Gasteiger partial charge in [-0.1, -0.05) is 17.7 Å². The van der Waals surface area contributed by atoms with E-state index in [1.165, 1.54) is 34.6 Å². The Bertz CT molecular complexity index is 1420. The Kier molecular flexibility index (Phi) is 4.52. The van der Waals surface area contributed by atoms with E-state index in [2.05, 4.69) is 0 Å². The Labute approximate surface area is 193 Å². The predicted octanol–water partition coefficient (Wildman–Crippen LogP) is 2.14. The molecule has 0 bridgehead atoms. The summed E-state index contributed by atoms with van der Waals surface area (Å²) in [6, 6.07) is 3.89. The van der Waals surface area contributed by atoms with Gasteiger partial charge in [0.2, 0.25) is 0 Å². The van der Waals surface area contributed by atoms with Crippen LogP contribution >= 0.6 is 34.2 Å². The molecule has 10 heteroatoms. The third kappa shape index (κ3) is 2.79. The number of hydrogen-bond acceptors (Lipinski definition) is 5. The monoisotopic (exact) mass is 551 g/mol. The van der Waals surface area contributed by atoms with Gasteiger partial charge in [0, 0.05) is 47.2 Å². The van der Waals surface area contributed by atoms with Gasteiger partial charge in [-0.15, -0.1) is 0 Å². The lowest BCUT2D eigenvalue weighted by molar-refractivity contribution is -0.115. The summed E-state index contributed by atoms with van der Waals surface area (Å²) in [5, 5.41) is 11.0. The van der Waals surface area contributed by atoms with E-state index < -0.39 is 23.3 Å². The third-order valence-corrected chi connectivity index (χ3v) is 7.13. The van der Waals surface area contributed by atoms with Gasteiger partial charge in [-0.05, 0) is 46.4 Å². The number of Topliss-reactive ketones (excluding diaryl/α,β-unsaturated/α-hetero) is 1. The zero-order valence-electron chi connectivity index (χ0n) is 16.1. The number of phenolic OH excluding ortho intramolecular Hbond substituents is 1. The topological polar surface area (TPSA) is 103 Å². The van der Waals surface area contributed by atoms with Crippen LogP contribution in [0.3, 0.4) is 0 Å². The van der Waals surface area contributed by atoms with Crippen LogP contribution in [0.2, 0.25) is 5.02 Å². The quantitative estimate of drug-likeness (QED) is 0.332. The van der Waals surface area contributed by atoms with Crippen molar-refractivity contribution in [1.29, 1.82) is 0 Å². The highest BCUT2D eigenvalue weighted by Crippen LogP contribution is 2.52. The summed E-state index contributed by atoms with van der Waals surface area (Å²) in [5.74, 6) is -1.44. The van der Waals surface area contributed by atoms with Crippen LogP contribution in [0.25, 0.3) is 0 Å². The van der Waals surface area contributed by atoms with Crippen LogP contribution in [-0.2, 0) is 23.2 Å². The molecule has 1 aromatic heterocycles. The van der Waals surface area contributed by atoms with Gasteiger partial charge in [0.25, 0.3) is 0 Å². The van der Waals surface area contributed by atoms with Crippen molar-refractivity contribution in [3.8, 4) is 5.75 Å². The fourth-order valence-electron chi connectivity index (χ4n) is 4.69. The Morgan fingerprint density at radius 1 is 1.16 bits per heavy atom. The number of phenols is 1. The molecule has 3 aliphatic rings. The summed E-state index contributed by atoms with van der Waals surface area (Å²) in [6.07, 6.45) is 3.19. The first-order valence-electron chi connectivity index (χ1n) is 9.46. The molecule has 5 rings (SSSR count). The van der Waals surface area contributed by atoms with E-state index in [9.17, 15) is 24.3 Å². The minimum atomic E-state index is -0.765. The number of rotatable bonds is 1. The molecule has 158 valence electrons. The van der Waals surface area contributed by atoms with Crippen molar-refractivity contribution in [1.82, 2.24) is 13.9 Å². The van der Waals surface area contributed by atoms with Gasteiger partial charge < -0.3 is 5.11 Å². The number of halogens is 2. The molecule has 8 nitrogen and oxygen atoms in total. The summed E-state index contributed by atoms with van der Waals surface area (Å²) in [4.78, 5) is 51.4. The van der Waals surface area contributed by atoms with Crippen LogP contribution in [0.1, 0.15) is 23.9 Å². The van der Waals surface area contributed by atoms with Gasteiger partial charge in [0.15, 0.2) is 11.6 Å². The number of aromatic nitrogens is 3. The van der Waals surface area contributed by atoms with Crippen molar-refractivity contribution < 1.29 is 14.7 Å². The Hall–Kier alpha value is -2.66. The second kappa shape index (κ2) is 6.92. The van der Waals surface area contributed by atoms with Gasteiger partial charge >= 0.3 is 11.4 Å². The van der Waals surface area contributed by atoms with Gasteiger partial charge in [-0.3, -0.25) is 9.59 Å². The van der Waals surface area contributed by atoms with Crippen LogP contribution in [0, 0.1) is 0 Å². The molecule has 31 heavy (non-hydrogen) atoms. The van der Waals surface area contributed by atoms with E-state index in [0.29, 0.717) is 16.2 Å². The van der Waals surface area contributed by atoms with Crippen molar-refractivity contribution in [3.63, 3.8) is 0 Å². The number of ketones is 2. The lowest BCUT2D eigenvalue weighted by Gasteiger charge is -2.39. The fourth-order valence-corrected chi connectivity index (χ4v) is 5.44. The van der Waals surface area contributed by atoms with E-state index in [1.54, 1.807) is 12.1 Å². The number of allylic oxidation sites excluding steroid dienone is 6. The van der Waals surface area contributed by atoms with Crippen LogP contribution in [0.4, 0.5) is 0 Å². The standard InChI is InChI=1S/C21H15ClIN3O5/c1-24-20(30)25-5-4-10-14(26(25)21(24)31)7-12-16(28)8-13(23)19(29)18(12)17(10)11-6-9(22)2-3-15(11)27/h2-4,6,8,14,17,27H,5,7H2,1H3/t14-,17-/m1/s1. The number of benzene rings is 1. The molecule has 0 spiro atoms. The maximum atomic E-state index is 13.2. The van der Waals surface area contributed by atoms with Crippen molar-refractivity contribution in [2.24, 2.45) is 7.05 Å². The third-order valence-electron chi connectivity index (χ3n) is 6.09. The maximum Gasteiger partial charge on any atom is 0.347 e. The highest BCUT2D eigenvalue weighted by molar-refractivity contribution is 14.1. The Morgan fingerprint density at radius 2 is 1.90 bits per heavy atom. The molecular weight excluding hydrogens is 537 g/mol. The zero-order chi connectivity index (χ0) is 22.2. The van der Waals surface area contributed by atoms with E-state index in [4.69, 9.17) is 11.6 Å². The van der Waals surface area contributed by atoms with Crippen molar-refractivity contribution in [2.75, 3.05) is 0 Å². The minimum Gasteiger partial charge on any atom is -0.508 e. The van der Waals surface area contributed by atoms with Gasteiger partial charge in [0.05, 0.1) is 16.2 Å². The summed E-state index contributed by atoms with van der Waals surface area (Å²) in [6.45, 7) is 0.135. The van der Waals surface area contributed by atoms with Crippen LogP contribution in [0.15, 0.2) is 60.2 Å². The molecule has 0 radical (unpaired) electrons. The average Bonchev–Trinajstić information content (AvgIpc) is 2.96. The molecule has 0 unspecified atom stereocenters. The summed E-state index contributed by atoms with van der Waals surface area (Å²) >= 11 is 8.03. The largest absolute Gasteiger partial charge is 0.508 e. The number of aromatic hydroxyl groups is 1. The van der Waals surface area contributed by atoms with Crippen molar-refractivity contribution in [3.05, 3.63) is 82.2 Å². The molecular formula is C21H15ClIN3O5. The number of nitrogens with zero attached hydrogens (tertiary/aromatic N) is 3. The summed E-state index contributed by atoms with van der Waals surface area (Å²) in [5.41, 5.74) is 0.672. The molecule has 2 heterocycles. The average molecular weight is 552 g/mol. The van der Waals surface area contributed by atoms with Crippen LogP contribution in [-0.4, -0.2) is 30.6 Å². The first-order chi connectivity index (χ1) is 14.7. The molecule has 2 aliphatic carbocycles. The molecule has 1 aromatic carbocycles. The van der Waals surface area contributed by atoms with E-state index in [1.807, 2.05) is 22.6 Å². The summed E-state index contributed by atoms with van der Waals surface area (Å²) < 4.78 is 3.97. The molecule has 0 saturated carbocycles. The second-order valence-corrected chi connectivity index (χ2v) is 9.29. The molecule has 0 fully saturated rings. The molecule has 2 atom stereocenters. The number of carbonyl (C=O) groups excluding carboxylic acids is 2. The first kappa shape index (κ1) is 20.3. The highest BCUT2D eigenvalue weighted by atomic mass is 127. The van der Waals surface area contributed by atoms with Gasteiger partial charge in [0.1, 0.15) is 5.75 Å². The summed E-state index contributed by atoms with van der Waals surface area (Å²) in [7, 11) is 1.40. The predicted molar refractivity (Wildman–Crippen MR) is 121 cm³/mol. The van der Waals surface area contributed by atoms with E-state index in [-0.39, 0.29) is 45.0 Å². The Balaban J connectivity index is 1.82. The van der Waals surface area contributed by atoms with E-state index in [0.717, 1.165) is 4.57 Å². The van der Waals surface area contributed by atoms with Crippen molar-refractivity contribution >= 4 is 45.8 Å². The van der Waals surface area contributed by atoms with Gasteiger partial charge in [-0.25, -0.2) is 23.5 Å². The van der Waals surface area contributed by atoms with Crippen molar-refractivity contribution in [2.45, 2.75) is 24.9 Å². The second-order valence-electron chi connectivity index (χ2n) is 7.69. The fraction of sp³-hybridized carbons (Fsp3) is 0.238. The smallest absolute Gasteiger partial charge is 0.347 e. The van der Waals surface area contributed by atoms with Crippen LogP contribution < -0.4 is 11.4 Å². The Morgan fingerprint density at radius 3 is 2.65 bits per heavy atom. The molecule has 1 N–H and O–H groups in total.